The maximum atomic E-state index is 13.1. The molecule has 0 heterocycles. The average Bonchev–Trinajstić information content (AvgIpc) is 2.76. The van der Waals surface area contributed by atoms with Crippen LogP contribution in [0.2, 0.25) is 5.02 Å². The van der Waals surface area contributed by atoms with Crippen molar-refractivity contribution in [3.8, 4) is 28.7 Å². The topological polar surface area (TPSA) is 83.1 Å². The van der Waals surface area contributed by atoms with Gasteiger partial charge < -0.3 is 18.9 Å². The van der Waals surface area contributed by atoms with Crippen molar-refractivity contribution in [1.82, 2.24) is 0 Å². The molecule has 0 saturated carbocycles. The molecule has 3 aromatic rings. The van der Waals surface area contributed by atoms with Crippen molar-refractivity contribution >= 4 is 27.3 Å². The Kier molecular flexibility index (Phi) is 7.14. The molecule has 0 saturated heterocycles. The molecule has 0 amide bonds. The molecule has 0 bridgehead atoms. The lowest BCUT2D eigenvalue weighted by molar-refractivity contribution is 0.339. The Balaban J connectivity index is 1.93. The summed E-state index contributed by atoms with van der Waals surface area (Å²) in [6.07, 6.45) is 0. The van der Waals surface area contributed by atoms with E-state index in [1.807, 2.05) is 6.92 Å². The van der Waals surface area contributed by atoms with E-state index in [0.717, 1.165) is 0 Å². The first-order chi connectivity index (χ1) is 14.9. The molecule has 0 spiro atoms. The zero-order valence-corrected chi connectivity index (χ0v) is 18.8. The monoisotopic (exact) mass is 463 g/mol. The quantitative estimate of drug-likeness (QED) is 0.460. The molecule has 0 atom stereocenters. The first kappa shape index (κ1) is 22.6. The normalized spacial score (nSPS) is 11.0. The molecular formula is C22H22ClNO6S. The molecule has 0 radical (unpaired) electrons. The van der Waals surface area contributed by atoms with Gasteiger partial charge in [0.15, 0.2) is 5.75 Å². The third-order valence-corrected chi connectivity index (χ3v) is 5.83. The number of sulfonamides is 1. The number of rotatable bonds is 9. The number of hydrogen-bond donors (Lipinski definition) is 1. The molecule has 31 heavy (non-hydrogen) atoms. The molecule has 0 fully saturated rings. The molecule has 3 rings (SSSR count). The Morgan fingerprint density at radius 1 is 0.839 bits per heavy atom. The fourth-order valence-corrected chi connectivity index (χ4v) is 4.18. The summed E-state index contributed by atoms with van der Waals surface area (Å²) in [7, 11) is -1.21. The van der Waals surface area contributed by atoms with Crippen molar-refractivity contribution in [3.05, 3.63) is 65.7 Å². The molecule has 0 aliphatic carbocycles. The van der Waals surface area contributed by atoms with Crippen LogP contribution in [-0.2, 0) is 10.0 Å². The number of halogens is 1. The highest BCUT2D eigenvalue weighted by Gasteiger charge is 2.22. The fourth-order valence-electron chi connectivity index (χ4n) is 2.76. The highest BCUT2D eigenvalue weighted by Crippen LogP contribution is 2.36. The highest BCUT2D eigenvalue weighted by atomic mass is 35.5. The Bertz CT molecular complexity index is 1150. The standard InChI is InChI=1S/C22H22ClNO6S/c1-4-29-16-6-8-17(9-7-16)30-20-11-5-15(23)13-19(20)24-31(25,26)22-14-18(27-2)10-12-21(22)28-3/h5-14,24H,4H2,1-3H3. The number of benzene rings is 3. The summed E-state index contributed by atoms with van der Waals surface area (Å²) in [6.45, 7) is 2.45. The van der Waals surface area contributed by atoms with E-state index < -0.39 is 10.0 Å². The van der Waals surface area contributed by atoms with E-state index in [2.05, 4.69) is 4.72 Å². The third-order valence-electron chi connectivity index (χ3n) is 4.21. The van der Waals surface area contributed by atoms with E-state index >= 15 is 0 Å². The van der Waals surface area contributed by atoms with E-state index in [4.69, 9.17) is 30.5 Å². The highest BCUT2D eigenvalue weighted by molar-refractivity contribution is 7.92. The van der Waals surface area contributed by atoms with E-state index in [1.165, 1.54) is 32.4 Å². The van der Waals surface area contributed by atoms with E-state index in [-0.39, 0.29) is 22.1 Å². The van der Waals surface area contributed by atoms with Crippen molar-refractivity contribution < 1.29 is 27.4 Å². The summed E-state index contributed by atoms with van der Waals surface area (Å²) in [5.41, 5.74) is 0.172. The van der Waals surface area contributed by atoms with Gasteiger partial charge in [0.2, 0.25) is 0 Å². The van der Waals surface area contributed by atoms with Gasteiger partial charge in [0.1, 0.15) is 27.9 Å². The largest absolute Gasteiger partial charge is 0.497 e. The minimum Gasteiger partial charge on any atom is -0.497 e. The molecule has 3 aromatic carbocycles. The minimum absolute atomic E-state index is 0.0821. The van der Waals surface area contributed by atoms with Gasteiger partial charge in [0.05, 0.1) is 26.5 Å². The second-order valence-corrected chi connectivity index (χ2v) is 8.36. The Morgan fingerprint density at radius 3 is 2.13 bits per heavy atom. The first-order valence-corrected chi connectivity index (χ1v) is 11.2. The van der Waals surface area contributed by atoms with Crippen LogP contribution in [0.3, 0.4) is 0 Å². The Morgan fingerprint density at radius 2 is 1.48 bits per heavy atom. The number of ether oxygens (including phenoxy) is 4. The maximum absolute atomic E-state index is 13.1. The van der Waals surface area contributed by atoms with Crippen molar-refractivity contribution in [2.24, 2.45) is 0 Å². The van der Waals surface area contributed by atoms with Crippen LogP contribution in [0.4, 0.5) is 5.69 Å². The molecule has 0 aromatic heterocycles. The summed E-state index contributed by atoms with van der Waals surface area (Å²) in [5, 5.41) is 0.342. The maximum Gasteiger partial charge on any atom is 0.265 e. The van der Waals surface area contributed by atoms with Gasteiger partial charge in [-0.2, -0.15) is 0 Å². The van der Waals surface area contributed by atoms with Gasteiger partial charge in [0.25, 0.3) is 10.0 Å². The second kappa shape index (κ2) is 9.80. The lowest BCUT2D eigenvalue weighted by Gasteiger charge is -2.16. The van der Waals surface area contributed by atoms with Crippen LogP contribution < -0.4 is 23.7 Å². The van der Waals surface area contributed by atoms with Crippen LogP contribution in [0.25, 0.3) is 0 Å². The molecule has 1 N–H and O–H groups in total. The molecule has 0 unspecified atom stereocenters. The molecule has 7 nitrogen and oxygen atoms in total. The van der Waals surface area contributed by atoms with Gasteiger partial charge in [0, 0.05) is 11.1 Å². The summed E-state index contributed by atoms with van der Waals surface area (Å²) in [6, 6.07) is 16.1. The number of hydrogen-bond acceptors (Lipinski definition) is 6. The van der Waals surface area contributed by atoms with Gasteiger partial charge >= 0.3 is 0 Å². The van der Waals surface area contributed by atoms with E-state index in [9.17, 15) is 8.42 Å². The predicted molar refractivity (Wildman–Crippen MR) is 119 cm³/mol. The van der Waals surface area contributed by atoms with E-state index in [0.29, 0.717) is 28.9 Å². The number of anilines is 1. The lowest BCUT2D eigenvalue weighted by atomic mass is 10.3. The van der Waals surface area contributed by atoms with Gasteiger partial charge in [-0.05, 0) is 61.5 Å². The molecule has 0 aliphatic heterocycles. The van der Waals surface area contributed by atoms with Crippen molar-refractivity contribution in [3.63, 3.8) is 0 Å². The SMILES string of the molecule is CCOc1ccc(Oc2ccc(Cl)cc2NS(=O)(=O)c2cc(OC)ccc2OC)cc1. The fraction of sp³-hybridized carbons (Fsp3) is 0.182. The van der Waals surface area contributed by atoms with Gasteiger partial charge in [-0.25, -0.2) is 8.42 Å². The van der Waals surface area contributed by atoms with Crippen molar-refractivity contribution in [2.75, 3.05) is 25.5 Å². The summed E-state index contributed by atoms with van der Waals surface area (Å²) < 4.78 is 50.4. The van der Waals surface area contributed by atoms with Crippen LogP contribution in [-0.4, -0.2) is 29.2 Å². The first-order valence-electron chi connectivity index (χ1n) is 9.31. The average molecular weight is 464 g/mol. The third kappa shape index (κ3) is 5.53. The summed E-state index contributed by atoms with van der Waals surface area (Å²) in [4.78, 5) is -0.0821. The molecule has 9 heteroatoms. The smallest absolute Gasteiger partial charge is 0.265 e. The lowest BCUT2D eigenvalue weighted by Crippen LogP contribution is -2.15. The molecule has 164 valence electrons. The minimum atomic E-state index is -4.05. The van der Waals surface area contributed by atoms with Crippen molar-refractivity contribution in [1.29, 1.82) is 0 Å². The van der Waals surface area contributed by atoms with Crippen LogP contribution in [0.5, 0.6) is 28.7 Å². The van der Waals surface area contributed by atoms with Crippen LogP contribution >= 0.6 is 11.6 Å². The summed E-state index contributed by atoms with van der Waals surface area (Å²) in [5.74, 6) is 2.03. The Labute approximate surface area is 186 Å². The molecule has 0 aliphatic rings. The van der Waals surface area contributed by atoms with Crippen LogP contribution in [0.15, 0.2) is 65.6 Å². The van der Waals surface area contributed by atoms with Gasteiger partial charge in [-0.1, -0.05) is 11.6 Å². The van der Waals surface area contributed by atoms with Crippen LogP contribution in [0.1, 0.15) is 6.92 Å². The van der Waals surface area contributed by atoms with Crippen LogP contribution in [0, 0.1) is 0 Å². The zero-order valence-electron chi connectivity index (χ0n) is 17.2. The predicted octanol–water partition coefficient (Wildman–Crippen LogP) is 5.35. The van der Waals surface area contributed by atoms with Crippen molar-refractivity contribution in [2.45, 2.75) is 11.8 Å². The number of methoxy groups -OCH3 is 2. The summed E-state index contributed by atoms with van der Waals surface area (Å²) >= 11 is 6.10. The van der Waals surface area contributed by atoms with Gasteiger partial charge in [-0.15, -0.1) is 0 Å². The zero-order chi connectivity index (χ0) is 22.4. The van der Waals surface area contributed by atoms with E-state index in [1.54, 1.807) is 42.5 Å². The number of nitrogens with one attached hydrogen (secondary N) is 1. The second-order valence-electron chi connectivity index (χ2n) is 6.27. The van der Waals surface area contributed by atoms with Gasteiger partial charge in [-0.3, -0.25) is 4.72 Å². The molecular weight excluding hydrogens is 442 g/mol. The Hall–Kier alpha value is -3.10.